The van der Waals surface area contributed by atoms with Crippen molar-refractivity contribution in [1.82, 2.24) is 9.88 Å². The van der Waals surface area contributed by atoms with Gasteiger partial charge in [0.15, 0.2) is 0 Å². The van der Waals surface area contributed by atoms with Crippen LogP contribution in [0.5, 0.6) is 5.75 Å². The number of methoxy groups -OCH3 is 1. The average Bonchev–Trinajstić information content (AvgIpc) is 2.43. The van der Waals surface area contributed by atoms with Crippen molar-refractivity contribution in [2.24, 2.45) is 5.73 Å². The molecule has 0 aromatic carbocycles. The number of nitrogens with two attached hydrogens (primary N) is 1. The first kappa shape index (κ1) is 14.2. The van der Waals surface area contributed by atoms with Gasteiger partial charge in [0.25, 0.3) is 0 Å². The van der Waals surface area contributed by atoms with Crippen LogP contribution in [0.15, 0.2) is 12.1 Å². The van der Waals surface area contributed by atoms with Crippen LogP contribution >= 0.6 is 0 Å². The van der Waals surface area contributed by atoms with Gasteiger partial charge in [0.1, 0.15) is 5.75 Å². The molecule has 1 aliphatic rings. The Labute approximate surface area is 114 Å². The summed E-state index contributed by atoms with van der Waals surface area (Å²) < 4.78 is 5.42. The Morgan fingerprint density at radius 1 is 1.53 bits per heavy atom. The van der Waals surface area contributed by atoms with E-state index in [1.54, 1.807) is 13.2 Å². The van der Waals surface area contributed by atoms with Gasteiger partial charge < -0.3 is 15.6 Å². The zero-order valence-electron chi connectivity index (χ0n) is 11.7. The molecule has 1 aliphatic heterocycles. The number of piperidine rings is 1. The highest BCUT2D eigenvalue weighted by Crippen LogP contribution is 2.23. The fourth-order valence-electron chi connectivity index (χ4n) is 2.64. The van der Waals surface area contributed by atoms with Crippen molar-refractivity contribution in [2.45, 2.75) is 38.5 Å². The molecule has 2 atom stereocenters. The van der Waals surface area contributed by atoms with Gasteiger partial charge in [-0.3, -0.25) is 9.88 Å². The normalized spacial score (nSPS) is 24.6. The molecule has 0 aliphatic carbocycles. The van der Waals surface area contributed by atoms with Crippen LogP contribution in [0.25, 0.3) is 0 Å². The molecule has 0 bridgehead atoms. The first-order valence-corrected chi connectivity index (χ1v) is 6.76. The van der Waals surface area contributed by atoms with E-state index in [9.17, 15) is 5.11 Å². The van der Waals surface area contributed by atoms with Crippen molar-refractivity contribution in [1.29, 1.82) is 0 Å². The van der Waals surface area contributed by atoms with Crippen LogP contribution in [-0.2, 0) is 11.3 Å². The fourth-order valence-corrected chi connectivity index (χ4v) is 2.64. The predicted octanol–water partition coefficient (Wildman–Crippen LogP) is 1.03. The second-order valence-corrected chi connectivity index (χ2v) is 5.16. The monoisotopic (exact) mass is 265 g/mol. The summed E-state index contributed by atoms with van der Waals surface area (Å²) in [6, 6.07) is 3.81. The van der Waals surface area contributed by atoms with Crippen LogP contribution in [0, 0.1) is 6.92 Å². The van der Waals surface area contributed by atoms with Gasteiger partial charge in [-0.15, -0.1) is 0 Å². The summed E-state index contributed by atoms with van der Waals surface area (Å²) in [5.41, 5.74) is 7.50. The van der Waals surface area contributed by atoms with Crippen molar-refractivity contribution in [3.05, 3.63) is 23.5 Å². The maximum Gasteiger partial charge on any atom is 0.138 e. The molecule has 2 heterocycles. The minimum Gasteiger partial charge on any atom is -0.506 e. The van der Waals surface area contributed by atoms with Gasteiger partial charge in [-0.1, -0.05) is 0 Å². The molecule has 2 unspecified atom stereocenters. The first-order chi connectivity index (χ1) is 9.13. The molecule has 1 saturated heterocycles. The number of aryl methyl sites for hydroxylation is 1. The molecule has 1 aromatic heterocycles. The number of aromatic hydroxyl groups is 1. The molecule has 0 amide bonds. The zero-order valence-corrected chi connectivity index (χ0v) is 11.7. The first-order valence-electron chi connectivity index (χ1n) is 6.76. The Morgan fingerprint density at radius 3 is 3.00 bits per heavy atom. The highest BCUT2D eigenvalue weighted by atomic mass is 16.5. The van der Waals surface area contributed by atoms with Crippen LogP contribution < -0.4 is 5.73 Å². The lowest BCUT2D eigenvalue weighted by atomic mass is 9.99. The fraction of sp³-hybridized carbons (Fsp3) is 0.643. The lowest BCUT2D eigenvalue weighted by Gasteiger charge is -2.38. The van der Waals surface area contributed by atoms with E-state index in [2.05, 4.69) is 9.88 Å². The van der Waals surface area contributed by atoms with Crippen LogP contribution in [-0.4, -0.2) is 47.3 Å². The maximum absolute atomic E-state index is 9.88. The molecule has 19 heavy (non-hydrogen) atoms. The van der Waals surface area contributed by atoms with E-state index in [-0.39, 0.29) is 5.75 Å². The number of pyridine rings is 1. The molecule has 0 radical (unpaired) electrons. The Hall–Kier alpha value is -1.17. The van der Waals surface area contributed by atoms with Crippen molar-refractivity contribution < 1.29 is 9.84 Å². The number of ether oxygens (including phenoxy) is 1. The summed E-state index contributed by atoms with van der Waals surface area (Å²) in [4.78, 5) is 6.70. The maximum atomic E-state index is 9.88. The quantitative estimate of drug-likeness (QED) is 0.851. The highest BCUT2D eigenvalue weighted by Gasteiger charge is 2.28. The third kappa shape index (κ3) is 3.43. The van der Waals surface area contributed by atoms with E-state index >= 15 is 0 Å². The van der Waals surface area contributed by atoms with Crippen LogP contribution in [0.2, 0.25) is 0 Å². The van der Waals surface area contributed by atoms with Gasteiger partial charge in [-0.2, -0.15) is 0 Å². The molecule has 2 rings (SSSR count). The van der Waals surface area contributed by atoms with Crippen molar-refractivity contribution in [3.63, 3.8) is 0 Å². The second kappa shape index (κ2) is 6.32. The minimum atomic E-state index is 0.259. The summed E-state index contributed by atoms with van der Waals surface area (Å²) in [7, 11) is 1.75. The molecule has 1 fully saturated rings. The Bertz CT molecular complexity index is 425. The van der Waals surface area contributed by atoms with Crippen LogP contribution in [0.4, 0.5) is 0 Å². The Morgan fingerprint density at radius 2 is 2.32 bits per heavy atom. The second-order valence-electron chi connectivity index (χ2n) is 5.16. The molecular weight excluding hydrogens is 242 g/mol. The summed E-state index contributed by atoms with van der Waals surface area (Å²) >= 11 is 0. The molecule has 3 N–H and O–H groups in total. The van der Waals surface area contributed by atoms with Gasteiger partial charge in [-0.25, -0.2) is 0 Å². The lowest BCUT2D eigenvalue weighted by molar-refractivity contribution is 0.00954. The zero-order chi connectivity index (χ0) is 13.8. The van der Waals surface area contributed by atoms with E-state index in [1.165, 1.54) is 0 Å². The molecule has 5 nitrogen and oxygen atoms in total. The van der Waals surface area contributed by atoms with Crippen LogP contribution in [0.1, 0.15) is 24.2 Å². The Balaban J connectivity index is 2.07. The number of nitrogens with zero attached hydrogens (tertiary/aromatic N) is 2. The van der Waals surface area contributed by atoms with Crippen LogP contribution in [0.3, 0.4) is 0 Å². The van der Waals surface area contributed by atoms with Gasteiger partial charge in [0, 0.05) is 38.5 Å². The smallest absolute Gasteiger partial charge is 0.138 e. The summed E-state index contributed by atoms with van der Waals surface area (Å²) in [6.07, 6.45) is 2.24. The predicted molar refractivity (Wildman–Crippen MR) is 73.9 cm³/mol. The lowest BCUT2D eigenvalue weighted by Crippen LogP contribution is -2.48. The number of hydrogen-bond donors (Lipinski definition) is 2. The van der Waals surface area contributed by atoms with E-state index in [0.29, 0.717) is 25.2 Å². The van der Waals surface area contributed by atoms with Gasteiger partial charge in [0.2, 0.25) is 0 Å². The third-order valence-corrected chi connectivity index (χ3v) is 3.84. The van der Waals surface area contributed by atoms with Crippen molar-refractivity contribution in [3.8, 4) is 5.75 Å². The molecule has 0 saturated carbocycles. The number of hydrogen-bond acceptors (Lipinski definition) is 5. The minimum absolute atomic E-state index is 0.259. The number of rotatable bonds is 4. The molecule has 106 valence electrons. The summed E-state index contributed by atoms with van der Waals surface area (Å²) in [5.74, 6) is 0.259. The molecule has 5 heteroatoms. The third-order valence-electron chi connectivity index (χ3n) is 3.84. The Kier molecular flexibility index (Phi) is 4.74. The average molecular weight is 265 g/mol. The van der Waals surface area contributed by atoms with Gasteiger partial charge >= 0.3 is 0 Å². The highest BCUT2D eigenvalue weighted by molar-refractivity contribution is 5.27. The largest absolute Gasteiger partial charge is 0.506 e. The van der Waals surface area contributed by atoms with Gasteiger partial charge in [0.05, 0.1) is 11.8 Å². The molecule has 0 spiro atoms. The van der Waals surface area contributed by atoms with Crippen molar-refractivity contribution >= 4 is 0 Å². The summed E-state index contributed by atoms with van der Waals surface area (Å²) in [5, 5.41) is 9.88. The molecular formula is C14H23N3O2. The van der Waals surface area contributed by atoms with Gasteiger partial charge in [-0.05, 0) is 31.9 Å². The van der Waals surface area contributed by atoms with E-state index in [0.717, 1.165) is 30.8 Å². The van der Waals surface area contributed by atoms with E-state index < -0.39 is 0 Å². The van der Waals surface area contributed by atoms with E-state index in [4.69, 9.17) is 10.5 Å². The van der Waals surface area contributed by atoms with Crippen molar-refractivity contribution in [2.75, 3.05) is 20.2 Å². The molecule has 1 aromatic rings. The SMILES string of the molecule is COC1CCN(Cc2nc(C)ccc2O)C(CN)C1. The summed E-state index contributed by atoms with van der Waals surface area (Å²) in [6.45, 7) is 4.11. The van der Waals surface area contributed by atoms with E-state index in [1.807, 2.05) is 13.0 Å². The number of aromatic nitrogens is 1. The topological polar surface area (TPSA) is 71.6 Å². The number of likely N-dealkylation sites (tertiary alicyclic amines) is 1. The standard InChI is InChI=1S/C14H23N3O2/c1-10-3-4-14(18)13(16-10)9-17-6-5-12(19-2)7-11(17)8-15/h3-4,11-12,18H,5-9,15H2,1-2H3.